The normalized spacial score (nSPS) is 14.5. The SMILES string of the molecule is O=S(=O)(/C=C/c1ccccc1)N(Cc1cccc(O)c1)c1ccc(OCCN2CCCC2)cc1. The molecule has 6 nitrogen and oxygen atoms in total. The first-order valence-electron chi connectivity index (χ1n) is 11.5. The van der Waals surface area contributed by atoms with E-state index in [0.29, 0.717) is 23.6 Å². The Labute approximate surface area is 201 Å². The summed E-state index contributed by atoms with van der Waals surface area (Å²) in [4.78, 5) is 2.39. The van der Waals surface area contributed by atoms with E-state index in [2.05, 4.69) is 4.90 Å². The van der Waals surface area contributed by atoms with Gasteiger partial charge in [-0.25, -0.2) is 8.42 Å². The minimum atomic E-state index is -3.80. The Morgan fingerprint density at radius 1 is 0.941 bits per heavy atom. The number of nitrogens with zero attached hydrogens (tertiary/aromatic N) is 2. The van der Waals surface area contributed by atoms with Crippen LogP contribution in [0, 0.1) is 0 Å². The molecule has 34 heavy (non-hydrogen) atoms. The monoisotopic (exact) mass is 478 g/mol. The number of hydrogen-bond donors (Lipinski definition) is 1. The van der Waals surface area contributed by atoms with Gasteiger partial charge in [0, 0.05) is 6.54 Å². The van der Waals surface area contributed by atoms with E-state index < -0.39 is 10.0 Å². The van der Waals surface area contributed by atoms with Crippen LogP contribution in [0.3, 0.4) is 0 Å². The Kier molecular flexibility index (Phi) is 7.87. The van der Waals surface area contributed by atoms with Crippen LogP contribution in [0.1, 0.15) is 24.0 Å². The molecule has 0 aromatic heterocycles. The van der Waals surface area contributed by atoms with Gasteiger partial charge in [-0.05, 0) is 79.5 Å². The molecule has 0 bridgehead atoms. The van der Waals surface area contributed by atoms with Gasteiger partial charge in [0.05, 0.1) is 17.6 Å². The van der Waals surface area contributed by atoms with Gasteiger partial charge in [-0.3, -0.25) is 9.21 Å². The fourth-order valence-corrected chi connectivity index (χ4v) is 5.18. The van der Waals surface area contributed by atoms with Crippen LogP contribution in [0.15, 0.2) is 84.3 Å². The fourth-order valence-electron chi connectivity index (χ4n) is 3.96. The third-order valence-electron chi connectivity index (χ3n) is 5.78. The van der Waals surface area contributed by atoms with Crippen LogP contribution in [0.25, 0.3) is 6.08 Å². The van der Waals surface area contributed by atoms with Crippen molar-refractivity contribution in [2.75, 3.05) is 30.5 Å². The van der Waals surface area contributed by atoms with Crippen LogP contribution < -0.4 is 9.04 Å². The van der Waals surface area contributed by atoms with Crippen LogP contribution in [0.5, 0.6) is 11.5 Å². The first-order chi connectivity index (χ1) is 16.5. The summed E-state index contributed by atoms with van der Waals surface area (Å²) in [5.74, 6) is 0.800. The number of phenols is 1. The second-order valence-electron chi connectivity index (χ2n) is 8.33. The molecule has 0 amide bonds. The zero-order valence-electron chi connectivity index (χ0n) is 19.1. The predicted molar refractivity (Wildman–Crippen MR) is 136 cm³/mol. The molecule has 0 atom stereocenters. The van der Waals surface area contributed by atoms with Crippen molar-refractivity contribution in [1.82, 2.24) is 4.90 Å². The summed E-state index contributed by atoms with van der Waals surface area (Å²) in [7, 11) is -3.80. The van der Waals surface area contributed by atoms with E-state index in [0.717, 1.165) is 25.2 Å². The minimum Gasteiger partial charge on any atom is -0.508 e. The molecule has 1 saturated heterocycles. The molecule has 178 valence electrons. The number of ether oxygens (including phenoxy) is 1. The highest BCUT2D eigenvalue weighted by Crippen LogP contribution is 2.26. The number of rotatable bonds is 10. The molecule has 0 radical (unpaired) electrons. The quantitative estimate of drug-likeness (QED) is 0.450. The number of benzene rings is 3. The van der Waals surface area contributed by atoms with Gasteiger partial charge in [0.25, 0.3) is 10.0 Å². The Hall–Kier alpha value is -3.29. The molecule has 1 aliphatic rings. The molecule has 0 unspecified atom stereocenters. The van der Waals surface area contributed by atoms with Gasteiger partial charge in [-0.15, -0.1) is 0 Å². The van der Waals surface area contributed by atoms with E-state index >= 15 is 0 Å². The molecule has 0 saturated carbocycles. The van der Waals surface area contributed by atoms with Crippen molar-refractivity contribution in [2.45, 2.75) is 19.4 Å². The largest absolute Gasteiger partial charge is 0.508 e. The van der Waals surface area contributed by atoms with Crippen molar-refractivity contribution >= 4 is 21.8 Å². The van der Waals surface area contributed by atoms with Gasteiger partial charge in [0.1, 0.15) is 18.1 Å². The maximum absolute atomic E-state index is 13.3. The molecule has 3 aromatic rings. The number of hydrogen-bond acceptors (Lipinski definition) is 5. The molecule has 7 heteroatoms. The molecule has 0 aliphatic carbocycles. The van der Waals surface area contributed by atoms with Crippen molar-refractivity contribution in [2.24, 2.45) is 0 Å². The third-order valence-corrected chi connectivity index (χ3v) is 7.21. The van der Waals surface area contributed by atoms with Crippen molar-refractivity contribution in [3.8, 4) is 11.5 Å². The zero-order chi connectivity index (χ0) is 23.8. The number of aromatic hydroxyl groups is 1. The lowest BCUT2D eigenvalue weighted by molar-refractivity contribution is 0.238. The summed E-state index contributed by atoms with van der Waals surface area (Å²) in [5, 5.41) is 11.1. The standard InChI is InChI=1S/C27H30N2O4S/c30-26-10-6-9-24(21-26)22-29(34(31,32)20-15-23-7-2-1-3-8-23)25-11-13-27(14-12-25)33-19-18-28-16-4-5-17-28/h1-3,6-15,20-21,30H,4-5,16-19,22H2/b20-15+. The van der Waals surface area contributed by atoms with Gasteiger partial charge in [0.2, 0.25) is 0 Å². The Balaban J connectivity index is 1.52. The molecular weight excluding hydrogens is 448 g/mol. The second-order valence-corrected chi connectivity index (χ2v) is 10.1. The van der Waals surface area contributed by atoms with Crippen molar-refractivity contribution in [3.63, 3.8) is 0 Å². The maximum Gasteiger partial charge on any atom is 0.257 e. The smallest absolute Gasteiger partial charge is 0.257 e. The third kappa shape index (κ3) is 6.62. The van der Waals surface area contributed by atoms with E-state index in [1.807, 2.05) is 30.3 Å². The molecule has 0 spiro atoms. The van der Waals surface area contributed by atoms with E-state index in [-0.39, 0.29) is 12.3 Å². The maximum atomic E-state index is 13.3. The van der Waals surface area contributed by atoms with E-state index in [1.165, 1.54) is 22.6 Å². The summed E-state index contributed by atoms with van der Waals surface area (Å²) < 4.78 is 33.9. The van der Waals surface area contributed by atoms with Crippen molar-refractivity contribution < 1.29 is 18.3 Å². The van der Waals surface area contributed by atoms with Crippen LogP contribution in [-0.4, -0.2) is 44.7 Å². The topological polar surface area (TPSA) is 70.1 Å². The molecule has 1 aliphatic heterocycles. The van der Waals surface area contributed by atoms with Gasteiger partial charge in [-0.1, -0.05) is 42.5 Å². The summed E-state index contributed by atoms with van der Waals surface area (Å²) in [6.45, 7) is 3.83. The van der Waals surface area contributed by atoms with Crippen LogP contribution in [0.2, 0.25) is 0 Å². The summed E-state index contributed by atoms with van der Waals surface area (Å²) in [5.41, 5.74) is 2.00. The van der Waals surface area contributed by atoms with Gasteiger partial charge < -0.3 is 9.84 Å². The number of phenolic OH excluding ortho intramolecular Hbond substituents is 1. The van der Waals surface area contributed by atoms with Crippen molar-refractivity contribution in [1.29, 1.82) is 0 Å². The highest BCUT2D eigenvalue weighted by molar-refractivity contribution is 7.95. The number of likely N-dealkylation sites (tertiary alicyclic amines) is 1. The average molecular weight is 479 g/mol. The highest BCUT2D eigenvalue weighted by atomic mass is 32.2. The lowest BCUT2D eigenvalue weighted by atomic mass is 10.2. The molecule has 3 aromatic carbocycles. The minimum absolute atomic E-state index is 0.0883. The Bertz CT molecular complexity index is 1190. The summed E-state index contributed by atoms with van der Waals surface area (Å²) >= 11 is 0. The van der Waals surface area contributed by atoms with E-state index in [9.17, 15) is 13.5 Å². The Morgan fingerprint density at radius 3 is 2.38 bits per heavy atom. The van der Waals surface area contributed by atoms with Gasteiger partial charge in [0.15, 0.2) is 0 Å². The second kappa shape index (κ2) is 11.2. The lowest BCUT2D eigenvalue weighted by Gasteiger charge is -2.23. The van der Waals surface area contributed by atoms with Crippen LogP contribution in [0.4, 0.5) is 5.69 Å². The molecule has 1 heterocycles. The zero-order valence-corrected chi connectivity index (χ0v) is 19.9. The molecular formula is C27H30N2O4S. The predicted octanol–water partition coefficient (Wildman–Crippen LogP) is 4.87. The Morgan fingerprint density at radius 2 is 1.68 bits per heavy atom. The van der Waals surface area contributed by atoms with Crippen LogP contribution in [-0.2, 0) is 16.6 Å². The number of sulfonamides is 1. The van der Waals surface area contributed by atoms with E-state index in [1.54, 1.807) is 54.6 Å². The first-order valence-corrected chi connectivity index (χ1v) is 13.0. The fraction of sp³-hybridized carbons (Fsp3) is 0.259. The lowest BCUT2D eigenvalue weighted by Crippen LogP contribution is -2.28. The molecule has 4 rings (SSSR count). The van der Waals surface area contributed by atoms with Crippen molar-refractivity contribution in [3.05, 3.63) is 95.4 Å². The first kappa shape index (κ1) is 23.9. The van der Waals surface area contributed by atoms with E-state index in [4.69, 9.17) is 4.74 Å². The average Bonchev–Trinajstić information content (AvgIpc) is 3.36. The van der Waals surface area contributed by atoms with Crippen LogP contribution >= 0.6 is 0 Å². The molecule has 1 fully saturated rings. The summed E-state index contributed by atoms with van der Waals surface area (Å²) in [6, 6.07) is 23.0. The van der Waals surface area contributed by atoms with Gasteiger partial charge >= 0.3 is 0 Å². The van der Waals surface area contributed by atoms with Gasteiger partial charge in [-0.2, -0.15) is 0 Å². The number of anilines is 1. The molecule has 1 N–H and O–H groups in total. The highest BCUT2D eigenvalue weighted by Gasteiger charge is 2.21. The summed E-state index contributed by atoms with van der Waals surface area (Å²) in [6.07, 6.45) is 4.08.